The summed E-state index contributed by atoms with van der Waals surface area (Å²) < 4.78 is 12.9. The Kier molecular flexibility index (Phi) is 3.02. The Bertz CT molecular complexity index is 448. The molecule has 1 aromatic carbocycles. The second kappa shape index (κ2) is 4.45. The van der Waals surface area contributed by atoms with Gasteiger partial charge in [-0.05, 0) is 43.3 Å². The molecule has 0 aliphatic heterocycles. The third-order valence-electron chi connectivity index (χ3n) is 2.55. The van der Waals surface area contributed by atoms with Gasteiger partial charge in [0.2, 0.25) is 0 Å². The van der Waals surface area contributed by atoms with Crippen molar-refractivity contribution in [1.82, 2.24) is 10.3 Å². The molecule has 0 aliphatic rings. The van der Waals surface area contributed by atoms with Gasteiger partial charge in [-0.15, -0.1) is 0 Å². The van der Waals surface area contributed by atoms with E-state index in [0.717, 1.165) is 30.4 Å². The fourth-order valence-corrected chi connectivity index (χ4v) is 1.77. The summed E-state index contributed by atoms with van der Waals surface area (Å²) in [4.78, 5) is 3.09. The highest BCUT2D eigenvalue weighted by Gasteiger charge is 2.03. The average molecular weight is 206 g/mol. The maximum atomic E-state index is 12.9. The zero-order chi connectivity index (χ0) is 10.7. The fourth-order valence-electron chi connectivity index (χ4n) is 1.77. The van der Waals surface area contributed by atoms with Gasteiger partial charge in [0.15, 0.2) is 0 Å². The predicted octanol–water partition coefficient (Wildman–Crippen LogP) is 2.46. The Labute approximate surface area is 88.5 Å². The van der Waals surface area contributed by atoms with Crippen molar-refractivity contribution in [2.75, 3.05) is 13.1 Å². The van der Waals surface area contributed by atoms with Gasteiger partial charge in [-0.3, -0.25) is 0 Å². The minimum absolute atomic E-state index is 0.192. The molecule has 0 bridgehead atoms. The minimum atomic E-state index is -0.192. The third-order valence-corrected chi connectivity index (χ3v) is 2.55. The number of rotatable bonds is 4. The number of H-pyrrole nitrogens is 1. The molecule has 0 atom stereocenters. The van der Waals surface area contributed by atoms with Crippen LogP contribution in [0.2, 0.25) is 0 Å². The van der Waals surface area contributed by atoms with E-state index in [2.05, 4.69) is 17.2 Å². The molecular formula is C12H15FN2. The first kappa shape index (κ1) is 10.2. The van der Waals surface area contributed by atoms with Gasteiger partial charge in [-0.1, -0.05) is 6.92 Å². The van der Waals surface area contributed by atoms with Crippen LogP contribution in [0.4, 0.5) is 4.39 Å². The maximum absolute atomic E-state index is 12.9. The summed E-state index contributed by atoms with van der Waals surface area (Å²) in [7, 11) is 0. The molecule has 1 heterocycles. The number of aromatic nitrogens is 1. The molecule has 15 heavy (non-hydrogen) atoms. The molecule has 2 aromatic rings. The van der Waals surface area contributed by atoms with Crippen LogP contribution in [-0.4, -0.2) is 18.1 Å². The van der Waals surface area contributed by atoms with Crippen molar-refractivity contribution < 1.29 is 4.39 Å². The van der Waals surface area contributed by atoms with Crippen LogP contribution >= 0.6 is 0 Å². The molecule has 0 unspecified atom stereocenters. The Morgan fingerprint density at radius 3 is 3.07 bits per heavy atom. The second-order valence-electron chi connectivity index (χ2n) is 3.61. The monoisotopic (exact) mass is 206 g/mol. The molecule has 0 saturated carbocycles. The lowest BCUT2D eigenvalue weighted by molar-refractivity contribution is 0.629. The molecule has 0 aliphatic carbocycles. The standard InChI is InChI=1S/C12H15FN2/c1-2-14-6-5-9-8-15-12-7-10(13)3-4-11(9)12/h3-4,7-8,14-15H,2,5-6H2,1H3. The summed E-state index contributed by atoms with van der Waals surface area (Å²) in [5.74, 6) is -0.192. The van der Waals surface area contributed by atoms with Crippen molar-refractivity contribution in [2.45, 2.75) is 13.3 Å². The number of likely N-dealkylation sites (N-methyl/N-ethyl adjacent to an activating group) is 1. The lowest BCUT2D eigenvalue weighted by Crippen LogP contribution is -2.15. The first-order chi connectivity index (χ1) is 7.31. The van der Waals surface area contributed by atoms with E-state index < -0.39 is 0 Å². The number of halogens is 1. The van der Waals surface area contributed by atoms with E-state index in [1.807, 2.05) is 12.3 Å². The van der Waals surface area contributed by atoms with Crippen molar-refractivity contribution in [3.05, 3.63) is 35.8 Å². The van der Waals surface area contributed by atoms with Gasteiger partial charge in [0, 0.05) is 17.1 Å². The topological polar surface area (TPSA) is 27.8 Å². The van der Waals surface area contributed by atoms with Crippen LogP contribution in [0.5, 0.6) is 0 Å². The van der Waals surface area contributed by atoms with Crippen molar-refractivity contribution in [2.24, 2.45) is 0 Å². The maximum Gasteiger partial charge on any atom is 0.125 e. The molecule has 0 amide bonds. The minimum Gasteiger partial charge on any atom is -0.361 e. The summed E-state index contributed by atoms with van der Waals surface area (Å²) in [6.45, 7) is 4.03. The molecule has 0 fully saturated rings. The van der Waals surface area contributed by atoms with Crippen molar-refractivity contribution in [3.8, 4) is 0 Å². The lowest BCUT2D eigenvalue weighted by Gasteiger charge is -2.00. The number of benzene rings is 1. The van der Waals surface area contributed by atoms with E-state index in [-0.39, 0.29) is 5.82 Å². The molecule has 1 aromatic heterocycles. The van der Waals surface area contributed by atoms with E-state index in [4.69, 9.17) is 0 Å². The SMILES string of the molecule is CCNCCc1c[nH]c2cc(F)ccc12. The number of fused-ring (bicyclic) bond motifs is 1. The predicted molar refractivity (Wildman–Crippen MR) is 60.5 cm³/mol. The molecule has 3 heteroatoms. The largest absolute Gasteiger partial charge is 0.361 e. The highest BCUT2D eigenvalue weighted by Crippen LogP contribution is 2.19. The molecular weight excluding hydrogens is 191 g/mol. The Morgan fingerprint density at radius 2 is 2.27 bits per heavy atom. The molecule has 0 saturated heterocycles. The number of aromatic amines is 1. The normalized spacial score (nSPS) is 11.1. The van der Waals surface area contributed by atoms with Crippen LogP contribution in [0.15, 0.2) is 24.4 Å². The highest BCUT2D eigenvalue weighted by atomic mass is 19.1. The Morgan fingerprint density at radius 1 is 1.40 bits per heavy atom. The second-order valence-corrected chi connectivity index (χ2v) is 3.61. The fraction of sp³-hybridized carbons (Fsp3) is 0.333. The van der Waals surface area contributed by atoms with Crippen molar-refractivity contribution >= 4 is 10.9 Å². The van der Waals surface area contributed by atoms with E-state index >= 15 is 0 Å². The summed E-state index contributed by atoms with van der Waals surface area (Å²) in [6.07, 6.45) is 2.93. The van der Waals surface area contributed by atoms with Crippen LogP contribution in [0.1, 0.15) is 12.5 Å². The van der Waals surface area contributed by atoms with Crippen LogP contribution in [-0.2, 0) is 6.42 Å². The van der Waals surface area contributed by atoms with Gasteiger partial charge in [0.25, 0.3) is 0 Å². The van der Waals surface area contributed by atoms with E-state index in [9.17, 15) is 4.39 Å². The molecule has 0 spiro atoms. The molecule has 0 radical (unpaired) electrons. The summed E-state index contributed by atoms with van der Waals surface area (Å²) in [6, 6.07) is 4.88. The average Bonchev–Trinajstić information content (AvgIpc) is 2.61. The smallest absolute Gasteiger partial charge is 0.125 e. The van der Waals surface area contributed by atoms with E-state index in [1.54, 1.807) is 0 Å². The summed E-state index contributed by atoms with van der Waals surface area (Å²) >= 11 is 0. The highest BCUT2D eigenvalue weighted by molar-refractivity contribution is 5.83. The Hall–Kier alpha value is -1.35. The first-order valence-electron chi connectivity index (χ1n) is 5.27. The van der Waals surface area contributed by atoms with Gasteiger partial charge in [-0.25, -0.2) is 4.39 Å². The number of hydrogen-bond donors (Lipinski definition) is 2. The molecule has 80 valence electrons. The van der Waals surface area contributed by atoms with Crippen LogP contribution < -0.4 is 5.32 Å². The van der Waals surface area contributed by atoms with E-state index in [1.165, 1.54) is 17.7 Å². The summed E-state index contributed by atoms with van der Waals surface area (Å²) in [5.41, 5.74) is 2.12. The van der Waals surface area contributed by atoms with Crippen molar-refractivity contribution in [1.29, 1.82) is 0 Å². The van der Waals surface area contributed by atoms with Crippen LogP contribution in [0, 0.1) is 5.82 Å². The van der Waals surface area contributed by atoms with Gasteiger partial charge >= 0.3 is 0 Å². The number of hydrogen-bond acceptors (Lipinski definition) is 1. The van der Waals surface area contributed by atoms with Gasteiger partial charge in [-0.2, -0.15) is 0 Å². The van der Waals surface area contributed by atoms with Gasteiger partial charge < -0.3 is 10.3 Å². The quantitative estimate of drug-likeness (QED) is 0.739. The molecule has 2 N–H and O–H groups in total. The van der Waals surface area contributed by atoms with Crippen molar-refractivity contribution in [3.63, 3.8) is 0 Å². The van der Waals surface area contributed by atoms with Gasteiger partial charge in [0.05, 0.1) is 0 Å². The lowest BCUT2D eigenvalue weighted by atomic mass is 10.1. The van der Waals surface area contributed by atoms with Crippen LogP contribution in [0.3, 0.4) is 0 Å². The zero-order valence-electron chi connectivity index (χ0n) is 8.81. The Balaban J connectivity index is 2.21. The van der Waals surface area contributed by atoms with E-state index in [0.29, 0.717) is 0 Å². The van der Waals surface area contributed by atoms with Gasteiger partial charge in [0.1, 0.15) is 5.82 Å². The molecule has 2 nitrogen and oxygen atoms in total. The van der Waals surface area contributed by atoms with Crippen LogP contribution in [0.25, 0.3) is 10.9 Å². The first-order valence-corrected chi connectivity index (χ1v) is 5.27. The summed E-state index contributed by atoms with van der Waals surface area (Å²) in [5, 5.41) is 4.39. The zero-order valence-corrected chi connectivity index (χ0v) is 8.81. The number of nitrogens with one attached hydrogen (secondary N) is 2. The molecule has 2 rings (SSSR count). The third kappa shape index (κ3) is 2.18.